The molecule has 0 aliphatic rings. The van der Waals surface area contributed by atoms with Gasteiger partial charge in [-0.1, -0.05) is 15.9 Å². The number of carbonyl (C=O) groups is 1. The molecule has 0 aliphatic carbocycles. The molecule has 98 valence electrons. The first-order valence-electron chi connectivity index (χ1n) is 5.81. The molecule has 2 N–H and O–H groups in total. The highest BCUT2D eigenvalue weighted by Crippen LogP contribution is 2.21. The Morgan fingerprint density at radius 2 is 2.11 bits per heavy atom. The fourth-order valence-electron chi connectivity index (χ4n) is 1.71. The molecule has 19 heavy (non-hydrogen) atoms. The lowest BCUT2D eigenvalue weighted by Gasteiger charge is -2.10. The normalized spacial score (nSPS) is 10.1. The lowest BCUT2D eigenvalue weighted by molar-refractivity contribution is 0.102. The maximum Gasteiger partial charge on any atom is 0.257 e. The highest BCUT2D eigenvalue weighted by Gasteiger charge is 2.11. The van der Waals surface area contributed by atoms with E-state index >= 15 is 0 Å². The molecule has 4 nitrogen and oxygen atoms in total. The van der Waals surface area contributed by atoms with Gasteiger partial charge in [-0.3, -0.25) is 9.78 Å². The van der Waals surface area contributed by atoms with Gasteiger partial charge in [0.1, 0.15) is 0 Å². The summed E-state index contributed by atoms with van der Waals surface area (Å²) in [6, 6.07) is 7.38. The van der Waals surface area contributed by atoms with Crippen molar-refractivity contribution in [2.45, 2.75) is 6.92 Å². The highest BCUT2D eigenvalue weighted by molar-refractivity contribution is 9.10. The van der Waals surface area contributed by atoms with Crippen LogP contribution in [0, 0.1) is 6.92 Å². The quantitative estimate of drug-likeness (QED) is 0.911. The van der Waals surface area contributed by atoms with Crippen LogP contribution in [0.15, 0.2) is 41.1 Å². The molecule has 0 bridgehead atoms. The van der Waals surface area contributed by atoms with Crippen LogP contribution in [-0.2, 0) is 0 Å². The Kier molecular flexibility index (Phi) is 4.16. The molecular weight excluding hydrogens is 306 g/mol. The third kappa shape index (κ3) is 3.12. The van der Waals surface area contributed by atoms with Crippen molar-refractivity contribution >= 4 is 33.2 Å². The van der Waals surface area contributed by atoms with Crippen molar-refractivity contribution in [2.24, 2.45) is 0 Å². The highest BCUT2D eigenvalue weighted by atomic mass is 79.9. The zero-order valence-corrected chi connectivity index (χ0v) is 12.3. The molecule has 0 atom stereocenters. The van der Waals surface area contributed by atoms with Gasteiger partial charge in [0.25, 0.3) is 5.91 Å². The van der Waals surface area contributed by atoms with Crippen LogP contribution in [0.5, 0.6) is 0 Å². The van der Waals surface area contributed by atoms with Crippen LogP contribution >= 0.6 is 15.9 Å². The topological polar surface area (TPSA) is 54.0 Å². The molecule has 0 aliphatic heterocycles. The summed E-state index contributed by atoms with van der Waals surface area (Å²) < 4.78 is 1.02. The second kappa shape index (κ2) is 5.84. The van der Waals surface area contributed by atoms with Crippen molar-refractivity contribution in [2.75, 3.05) is 17.7 Å². The Hall–Kier alpha value is -1.88. The second-order valence-corrected chi connectivity index (χ2v) is 4.94. The fraction of sp³-hybridized carbons (Fsp3) is 0.143. The summed E-state index contributed by atoms with van der Waals surface area (Å²) in [5.41, 5.74) is 3.11. The van der Waals surface area contributed by atoms with Crippen LogP contribution in [0.1, 0.15) is 15.9 Å². The van der Waals surface area contributed by atoms with E-state index < -0.39 is 0 Å². The molecule has 0 saturated carbocycles. The van der Waals surface area contributed by atoms with E-state index in [0.717, 1.165) is 15.7 Å². The molecule has 0 spiro atoms. The number of halogens is 1. The van der Waals surface area contributed by atoms with Gasteiger partial charge in [0.15, 0.2) is 0 Å². The Balaban J connectivity index is 2.23. The Bertz CT molecular complexity index is 613. The molecule has 0 unspecified atom stereocenters. The van der Waals surface area contributed by atoms with Gasteiger partial charge in [0.05, 0.1) is 17.4 Å². The minimum absolute atomic E-state index is 0.159. The predicted molar refractivity (Wildman–Crippen MR) is 80.6 cm³/mol. The van der Waals surface area contributed by atoms with Crippen molar-refractivity contribution in [1.29, 1.82) is 0 Å². The van der Waals surface area contributed by atoms with Crippen molar-refractivity contribution in [3.8, 4) is 0 Å². The standard InChI is InChI=1S/C14H14BrN3O/c1-9-7-10(3-4-12(9)15)18-14(19)11-5-6-17-8-13(11)16-2/h3-8,16H,1-2H3,(H,18,19). The number of rotatable bonds is 3. The number of amides is 1. The van der Waals surface area contributed by atoms with Gasteiger partial charge in [-0.25, -0.2) is 0 Å². The summed E-state index contributed by atoms with van der Waals surface area (Å²) in [7, 11) is 1.76. The summed E-state index contributed by atoms with van der Waals surface area (Å²) in [5.74, 6) is -0.159. The summed E-state index contributed by atoms with van der Waals surface area (Å²) in [4.78, 5) is 16.2. The van der Waals surface area contributed by atoms with Crippen LogP contribution < -0.4 is 10.6 Å². The summed E-state index contributed by atoms with van der Waals surface area (Å²) in [6.45, 7) is 1.98. The van der Waals surface area contributed by atoms with E-state index in [2.05, 4.69) is 31.5 Å². The van der Waals surface area contributed by atoms with Crippen molar-refractivity contribution in [1.82, 2.24) is 4.98 Å². The lowest BCUT2D eigenvalue weighted by atomic mass is 10.2. The predicted octanol–water partition coefficient (Wildman–Crippen LogP) is 3.45. The number of anilines is 2. The monoisotopic (exact) mass is 319 g/mol. The summed E-state index contributed by atoms with van der Waals surface area (Å²) >= 11 is 3.43. The first-order chi connectivity index (χ1) is 9.11. The van der Waals surface area contributed by atoms with Crippen molar-refractivity contribution in [3.05, 3.63) is 52.3 Å². The molecule has 0 fully saturated rings. The minimum Gasteiger partial charge on any atom is -0.386 e. The van der Waals surface area contributed by atoms with E-state index in [9.17, 15) is 4.79 Å². The average Bonchev–Trinajstić information content (AvgIpc) is 2.43. The van der Waals surface area contributed by atoms with Crippen LogP contribution in [0.25, 0.3) is 0 Å². The largest absolute Gasteiger partial charge is 0.386 e. The van der Waals surface area contributed by atoms with E-state index in [1.165, 1.54) is 0 Å². The first kappa shape index (κ1) is 13.5. The number of hydrogen-bond acceptors (Lipinski definition) is 3. The second-order valence-electron chi connectivity index (χ2n) is 4.09. The maximum absolute atomic E-state index is 12.2. The van der Waals surface area contributed by atoms with E-state index in [4.69, 9.17) is 0 Å². The SMILES string of the molecule is CNc1cnccc1C(=O)Nc1ccc(Br)c(C)c1. The van der Waals surface area contributed by atoms with Gasteiger partial charge < -0.3 is 10.6 Å². The Morgan fingerprint density at radius 3 is 2.79 bits per heavy atom. The van der Waals surface area contributed by atoms with Gasteiger partial charge in [0, 0.05) is 23.4 Å². The van der Waals surface area contributed by atoms with Crippen LogP contribution in [0.3, 0.4) is 0 Å². The molecule has 1 aromatic heterocycles. The number of aromatic nitrogens is 1. The molecule has 1 amide bonds. The Morgan fingerprint density at radius 1 is 1.32 bits per heavy atom. The number of benzene rings is 1. The van der Waals surface area contributed by atoms with Gasteiger partial charge in [-0.05, 0) is 36.8 Å². The molecule has 0 radical (unpaired) electrons. The van der Waals surface area contributed by atoms with Gasteiger partial charge in [0.2, 0.25) is 0 Å². The molecule has 2 rings (SSSR count). The molecule has 1 aromatic carbocycles. The van der Waals surface area contributed by atoms with E-state index in [-0.39, 0.29) is 5.91 Å². The maximum atomic E-state index is 12.2. The lowest BCUT2D eigenvalue weighted by Crippen LogP contribution is -2.14. The number of aryl methyl sites for hydroxylation is 1. The first-order valence-corrected chi connectivity index (χ1v) is 6.60. The molecule has 1 heterocycles. The zero-order chi connectivity index (χ0) is 13.8. The summed E-state index contributed by atoms with van der Waals surface area (Å²) in [5, 5.41) is 5.83. The molecule has 5 heteroatoms. The summed E-state index contributed by atoms with van der Waals surface area (Å²) in [6.07, 6.45) is 3.23. The van der Waals surface area contributed by atoms with E-state index in [1.807, 2.05) is 25.1 Å². The number of carbonyl (C=O) groups excluding carboxylic acids is 1. The van der Waals surface area contributed by atoms with Gasteiger partial charge in [-0.15, -0.1) is 0 Å². The zero-order valence-electron chi connectivity index (χ0n) is 10.7. The number of pyridine rings is 1. The Labute approximate surface area is 120 Å². The number of hydrogen-bond donors (Lipinski definition) is 2. The van der Waals surface area contributed by atoms with Crippen molar-refractivity contribution in [3.63, 3.8) is 0 Å². The molecule has 2 aromatic rings. The number of nitrogens with zero attached hydrogens (tertiary/aromatic N) is 1. The van der Waals surface area contributed by atoms with E-state index in [0.29, 0.717) is 11.3 Å². The van der Waals surface area contributed by atoms with Crippen LogP contribution in [0.2, 0.25) is 0 Å². The molecular formula is C14H14BrN3O. The number of nitrogens with one attached hydrogen (secondary N) is 2. The minimum atomic E-state index is -0.159. The van der Waals surface area contributed by atoms with Crippen molar-refractivity contribution < 1.29 is 4.79 Å². The third-order valence-corrected chi connectivity index (χ3v) is 3.64. The van der Waals surface area contributed by atoms with Gasteiger partial charge >= 0.3 is 0 Å². The van der Waals surface area contributed by atoms with Gasteiger partial charge in [-0.2, -0.15) is 0 Å². The smallest absolute Gasteiger partial charge is 0.257 e. The van der Waals surface area contributed by atoms with E-state index in [1.54, 1.807) is 25.5 Å². The average molecular weight is 320 g/mol. The molecule has 0 saturated heterocycles. The fourth-order valence-corrected chi connectivity index (χ4v) is 1.96. The van der Waals surface area contributed by atoms with Crippen LogP contribution in [0.4, 0.5) is 11.4 Å². The van der Waals surface area contributed by atoms with Crippen LogP contribution in [-0.4, -0.2) is 17.9 Å². The third-order valence-electron chi connectivity index (χ3n) is 2.75.